The lowest BCUT2D eigenvalue weighted by atomic mass is 10.2. The molecule has 0 aliphatic carbocycles. The van der Waals surface area contributed by atoms with E-state index in [0.29, 0.717) is 36.4 Å². The van der Waals surface area contributed by atoms with Gasteiger partial charge in [-0.1, -0.05) is 52.6 Å². The van der Waals surface area contributed by atoms with Crippen molar-refractivity contribution in [2.45, 2.75) is 16.5 Å². The molecule has 0 atom stereocenters. The van der Waals surface area contributed by atoms with Crippen LogP contribution in [0.5, 0.6) is 0 Å². The summed E-state index contributed by atoms with van der Waals surface area (Å²) in [6.45, 7) is 0.120. The number of amides is 2. The van der Waals surface area contributed by atoms with Gasteiger partial charge in [0, 0.05) is 16.0 Å². The van der Waals surface area contributed by atoms with Crippen molar-refractivity contribution in [1.82, 2.24) is 4.90 Å². The van der Waals surface area contributed by atoms with E-state index in [-0.39, 0.29) is 17.7 Å². The number of hydrogen-bond acceptors (Lipinski definition) is 5. The number of imide groups is 1. The summed E-state index contributed by atoms with van der Waals surface area (Å²) in [6.07, 6.45) is 1.58. The third kappa shape index (κ3) is 4.90. The van der Waals surface area contributed by atoms with Gasteiger partial charge in [-0.3, -0.25) is 14.5 Å². The van der Waals surface area contributed by atoms with Crippen molar-refractivity contribution in [3.05, 3.63) is 85.9 Å². The number of rotatable bonds is 5. The van der Waals surface area contributed by atoms with Crippen LogP contribution in [0.1, 0.15) is 11.3 Å². The largest absolute Gasteiger partial charge is 0.450 e. The Morgan fingerprint density at radius 3 is 2.47 bits per heavy atom. The van der Waals surface area contributed by atoms with E-state index in [1.54, 1.807) is 42.5 Å². The average Bonchev–Trinajstić information content (AvgIpc) is 3.26. The van der Waals surface area contributed by atoms with Crippen molar-refractivity contribution in [3.63, 3.8) is 0 Å². The molecule has 1 aliphatic rings. The molecule has 0 N–H and O–H groups in total. The third-order valence-electron chi connectivity index (χ3n) is 4.11. The number of nitrogens with zero attached hydrogens (tertiary/aromatic N) is 1. The Morgan fingerprint density at radius 1 is 0.967 bits per heavy atom. The van der Waals surface area contributed by atoms with Gasteiger partial charge in [0.05, 0.1) is 21.5 Å². The molecule has 4 nitrogen and oxygen atoms in total. The normalized spacial score (nSPS) is 15.4. The van der Waals surface area contributed by atoms with E-state index in [1.807, 2.05) is 18.2 Å². The average molecular weight is 497 g/mol. The molecule has 1 aliphatic heterocycles. The molecule has 0 saturated carbocycles. The van der Waals surface area contributed by atoms with E-state index in [4.69, 9.17) is 39.2 Å². The summed E-state index contributed by atoms with van der Waals surface area (Å²) in [5, 5.41) is 1.77. The second-order valence-electron chi connectivity index (χ2n) is 6.23. The number of hydrogen-bond donors (Lipinski definition) is 0. The second-order valence-corrected chi connectivity index (χ2v) is 9.55. The summed E-state index contributed by atoms with van der Waals surface area (Å²) < 4.78 is 5.77. The molecule has 0 spiro atoms. The van der Waals surface area contributed by atoms with E-state index < -0.39 is 0 Å². The van der Waals surface area contributed by atoms with Gasteiger partial charge in [0.1, 0.15) is 5.76 Å². The molecule has 1 fully saturated rings. The van der Waals surface area contributed by atoms with Crippen molar-refractivity contribution in [2.75, 3.05) is 0 Å². The molecule has 1 aromatic heterocycles. The van der Waals surface area contributed by atoms with Crippen molar-refractivity contribution in [2.24, 2.45) is 0 Å². The summed E-state index contributed by atoms with van der Waals surface area (Å²) in [5.74, 6) is 0.117. The van der Waals surface area contributed by atoms with E-state index in [1.165, 1.54) is 16.7 Å². The van der Waals surface area contributed by atoms with Crippen molar-refractivity contribution < 1.29 is 14.0 Å². The van der Waals surface area contributed by atoms with Gasteiger partial charge in [-0.2, -0.15) is 0 Å². The predicted octanol–water partition coefficient (Wildman–Crippen LogP) is 7.63. The monoisotopic (exact) mass is 495 g/mol. The Hall–Kier alpha value is -1.83. The highest BCUT2D eigenvalue weighted by atomic mass is 35.5. The second kappa shape index (κ2) is 9.12. The Balaban J connectivity index is 1.47. The maximum atomic E-state index is 12.7. The maximum absolute atomic E-state index is 12.7. The molecule has 2 aromatic carbocycles. The van der Waals surface area contributed by atoms with E-state index in [0.717, 1.165) is 16.7 Å². The first-order chi connectivity index (χ1) is 14.4. The first-order valence-corrected chi connectivity index (χ1v) is 11.4. The number of halogens is 3. The quantitative estimate of drug-likeness (QED) is 0.340. The minimum Gasteiger partial charge on any atom is -0.450 e. The molecule has 3 aromatic rings. The lowest BCUT2D eigenvalue weighted by Crippen LogP contribution is -2.27. The molecule has 0 bridgehead atoms. The first-order valence-electron chi connectivity index (χ1n) is 8.61. The van der Waals surface area contributed by atoms with E-state index in [9.17, 15) is 9.59 Å². The molecule has 152 valence electrons. The van der Waals surface area contributed by atoms with Crippen LogP contribution in [0.4, 0.5) is 4.79 Å². The number of furan rings is 1. The lowest BCUT2D eigenvalue weighted by molar-refractivity contribution is -0.123. The van der Waals surface area contributed by atoms with Gasteiger partial charge < -0.3 is 4.42 Å². The Labute approximate surface area is 196 Å². The SMILES string of the molecule is O=C1SC(=Cc2ccc(Sc3ccc(Cl)cc3)o2)C(=O)N1Cc1ccc(Cl)c(Cl)c1. The summed E-state index contributed by atoms with van der Waals surface area (Å²) >= 11 is 20.1. The minimum absolute atomic E-state index is 0.120. The van der Waals surface area contributed by atoms with Gasteiger partial charge in [0.15, 0.2) is 5.09 Å². The van der Waals surface area contributed by atoms with Gasteiger partial charge in [-0.15, -0.1) is 0 Å². The van der Waals surface area contributed by atoms with Crippen LogP contribution in [0.2, 0.25) is 15.1 Å². The number of thioether (sulfide) groups is 1. The van der Waals surface area contributed by atoms with Gasteiger partial charge in [-0.05, 0) is 65.9 Å². The van der Waals surface area contributed by atoms with E-state index in [2.05, 4.69) is 0 Å². The zero-order valence-corrected chi connectivity index (χ0v) is 19.0. The molecule has 9 heteroatoms. The molecular formula is C21H12Cl3NO3S2. The topological polar surface area (TPSA) is 50.5 Å². The first kappa shape index (κ1) is 21.4. The van der Waals surface area contributed by atoms with Crippen molar-refractivity contribution >= 4 is 75.5 Å². The van der Waals surface area contributed by atoms with Gasteiger partial charge in [-0.25, -0.2) is 0 Å². The summed E-state index contributed by atoms with van der Waals surface area (Å²) in [5.41, 5.74) is 0.715. The standard InChI is InChI=1S/C21H12Cl3NO3S2/c22-13-2-5-15(6-3-13)29-19-8-4-14(28-19)10-18-20(26)25(21(27)30-18)11-12-1-7-16(23)17(24)9-12/h1-10H,11H2. The zero-order valence-electron chi connectivity index (χ0n) is 15.1. The Bertz CT molecular complexity index is 1160. The maximum Gasteiger partial charge on any atom is 0.293 e. The van der Waals surface area contributed by atoms with Crippen LogP contribution < -0.4 is 0 Å². The Morgan fingerprint density at radius 2 is 1.73 bits per heavy atom. The van der Waals surface area contributed by atoms with Crippen LogP contribution >= 0.6 is 58.3 Å². The number of benzene rings is 2. The molecule has 0 unspecified atom stereocenters. The fourth-order valence-corrected chi connectivity index (χ4v) is 4.72. The minimum atomic E-state index is -0.376. The fraction of sp³-hybridized carbons (Fsp3) is 0.0476. The van der Waals surface area contributed by atoms with Crippen molar-refractivity contribution in [1.29, 1.82) is 0 Å². The smallest absolute Gasteiger partial charge is 0.293 e. The number of carbonyl (C=O) groups is 2. The summed E-state index contributed by atoms with van der Waals surface area (Å²) in [4.78, 5) is 27.5. The molecule has 1 saturated heterocycles. The lowest BCUT2D eigenvalue weighted by Gasteiger charge is -2.12. The molecular weight excluding hydrogens is 485 g/mol. The van der Waals surface area contributed by atoms with Crippen LogP contribution in [0.3, 0.4) is 0 Å². The number of carbonyl (C=O) groups excluding carboxylic acids is 2. The molecule has 2 amide bonds. The fourth-order valence-electron chi connectivity index (χ4n) is 2.67. The van der Waals surface area contributed by atoms with Crippen LogP contribution in [0.25, 0.3) is 6.08 Å². The molecule has 4 rings (SSSR count). The van der Waals surface area contributed by atoms with Crippen LogP contribution in [-0.4, -0.2) is 16.0 Å². The van der Waals surface area contributed by atoms with Crippen LogP contribution in [0, 0.1) is 0 Å². The van der Waals surface area contributed by atoms with Crippen molar-refractivity contribution in [3.8, 4) is 0 Å². The third-order valence-corrected chi connectivity index (χ3v) is 6.93. The van der Waals surface area contributed by atoms with Gasteiger partial charge >= 0.3 is 0 Å². The van der Waals surface area contributed by atoms with Crippen LogP contribution in [-0.2, 0) is 11.3 Å². The van der Waals surface area contributed by atoms with Gasteiger partial charge in [0.25, 0.3) is 11.1 Å². The molecule has 0 radical (unpaired) electrons. The van der Waals surface area contributed by atoms with Gasteiger partial charge in [0.2, 0.25) is 0 Å². The summed E-state index contributed by atoms with van der Waals surface area (Å²) in [6, 6.07) is 16.0. The highest BCUT2D eigenvalue weighted by Gasteiger charge is 2.35. The van der Waals surface area contributed by atoms with Crippen LogP contribution in [0.15, 0.2) is 73.9 Å². The highest BCUT2D eigenvalue weighted by Crippen LogP contribution is 2.36. The van der Waals surface area contributed by atoms with E-state index >= 15 is 0 Å². The molecule has 30 heavy (non-hydrogen) atoms. The summed E-state index contributed by atoms with van der Waals surface area (Å²) in [7, 11) is 0. The highest BCUT2D eigenvalue weighted by molar-refractivity contribution is 8.18. The zero-order chi connectivity index (χ0) is 21.3. The Kier molecular flexibility index (Phi) is 6.51. The molecule has 2 heterocycles. The predicted molar refractivity (Wildman–Crippen MR) is 122 cm³/mol.